The Morgan fingerprint density at radius 2 is 1.65 bits per heavy atom. The normalized spacial score (nSPS) is 14.4. The summed E-state index contributed by atoms with van der Waals surface area (Å²) in [6.07, 6.45) is 11.7. The molecule has 1 unspecified atom stereocenters. The molecule has 2 N–H and O–H groups in total. The summed E-state index contributed by atoms with van der Waals surface area (Å²) in [7, 11) is 8.30. The van der Waals surface area contributed by atoms with E-state index in [0.29, 0.717) is 61.6 Å². The van der Waals surface area contributed by atoms with Crippen LogP contribution >= 0.6 is 0 Å². The van der Waals surface area contributed by atoms with Crippen LogP contribution in [0.15, 0.2) is 59.8 Å². The second-order valence-electron chi connectivity index (χ2n) is 15.5. The molecule has 1 atom stereocenters. The minimum Gasteiger partial charge on any atom is -0.496 e. The van der Waals surface area contributed by atoms with Crippen molar-refractivity contribution >= 4 is 46.4 Å². The molecule has 15 heteroatoms. The fraction of sp³-hybridized carbons (Fsp3) is 0.444. The first-order valence-electron chi connectivity index (χ1n) is 20.6. The van der Waals surface area contributed by atoms with Gasteiger partial charge in [-0.05, 0) is 60.5 Å². The molecule has 2 aliphatic heterocycles. The summed E-state index contributed by atoms with van der Waals surface area (Å²) >= 11 is 0. The van der Waals surface area contributed by atoms with Gasteiger partial charge in [0.25, 0.3) is 17.4 Å². The van der Waals surface area contributed by atoms with E-state index in [9.17, 15) is 28.8 Å². The maximum atomic E-state index is 13.4. The highest BCUT2D eigenvalue weighted by Crippen LogP contribution is 2.39. The third-order valence-corrected chi connectivity index (χ3v) is 11.6. The first-order chi connectivity index (χ1) is 29.0. The Morgan fingerprint density at radius 1 is 0.950 bits per heavy atom. The fourth-order valence-corrected chi connectivity index (χ4v) is 8.25. The second-order valence-corrected chi connectivity index (χ2v) is 15.5. The lowest BCUT2D eigenvalue weighted by Gasteiger charge is -2.40. The highest BCUT2D eigenvalue weighted by atomic mass is 16.5. The van der Waals surface area contributed by atoms with Crippen molar-refractivity contribution in [2.75, 3.05) is 59.8 Å². The number of amides is 4. The van der Waals surface area contributed by atoms with Gasteiger partial charge in [0.2, 0.25) is 11.8 Å². The van der Waals surface area contributed by atoms with E-state index in [0.717, 1.165) is 65.5 Å². The van der Waals surface area contributed by atoms with Gasteiger partial charge < -0.3 is 34.4 Å². The number of likely N-dealkylation sites (N-methyl/N-ethyl adjacent to an activating group) is 1. The Morgan fingerprint density at radius 3 is 2.33 bits per heavy atom. The number of benzene rings is 2. The molecule has 4 amide bonds. The number of carbonyl (C=O) groups is 5. The van der Waals surface area contributed by atoms with Crippen LogP contribution in [0.2, 0.25) is 0 Å². The van der Waals surface area contributed by atoms with E-state index in [-0.39, 0.29) is 41.4 Å². The zero-order valence-corrected chi connectivity index (χ0v) is 35.1. The van der Waals surface area contributed by atoms with Crippen molar-refractivity contribution in [1.82, 2.24) is 29.6 Å². The Kier molecular flexibility index (Phi) is 14.3. The number of aryl methyl sites for hydroxylation is 1. The number of hydrogen-bond donors (Lipinski definition) is 2. The molecule has 1 fully saturated rings. The SMILES string of the molecule is CNC(=O)C(CCC=O)N1C(=O)c2cccc(NCCCCCCCCN(C)C(=O)C3CN(Cc4c(OC)cc(-c5cn(C)c(=O)c6cnccc56)cc4OC)C3)c2C1=O. The van der Waals surface area contributed by atoms with Gasteiger partial charge in [-0.2, -0.15) is 0 Å². The molecule has 4 heterocycles. The van der Waals surface area contributed by atoms with Crippen LogP contribution in [0.3, 0.4) is 0 Å². The number of hydrogen-bond acceptors (Lipinski definition) is 11. The average Bonchev–Trinajstić information content (AvgIpc) is 3.50. The predicted molar refractivity (Wildman–Crippen MR) is 228 cm³/mol. The lowest BCUT2D eigenvalue weighted by molar-refractivity contribution is -0.140. The van der Waals surface area contributed by atoms with E-state index in [1.165, 1.54) is 7.05 Å². The summed E-state index contributed by atoms with van der Waals surface area (Å²) in [5.74, 6) is -0.121. The lowest BCUT2D eigenvalue weighted by Crippen LogP contribution is -2.53. The van der Waals surface area contributed by atoms with Gasteiger partial charge in [0.05, 0.1) is 42.2 Å². The maximum absolute atomic E-state index is 13.4. The molecule has 60 heavy (non-hydrogen) atoms. The van der Waals surface area contributed by atoms with Gasteiger partial charge in [0.15, 0.2) is 0 Å². The molecule has 0 bridgehead atoms. The number of carbonyl (C=O) groups excluding carboxylic acids is 5. The van der Waals surface area contributed by atoms with Crippen molar-refractivity contribution in [3.8, 4) is 22.6 Å². The Balaban J connectivity index is 0.908. The number of aldehydes is 1. The number of anilines is 1. The van der Waals surface area contributed by atoms with Gasteiger partial charge in [-0.15, -0.1) is 0 Å². The van der Waals surface area contributed by atoms with Gasteiger partial charge in [0.1, 0.15) is 23.8 Å². The average molecular weight is 822 g/mol. The number of fused-ring (bicyclic) bond motifs is 2. The van der Waals surface area contributed by atoms with Crippen molar-refractivity contribution in [3.63, 3.8) is 0 Å². The highest BCUT2D eigenvalue weighted by molar-refractivity contribution is 6.25. The van der Waals surface area contributed by atoms with Crippen LogP contribution in [0.1, 0.15) is 77.6 Å². The van der Waals surface area contributed by atoms with E-state index >= 15 is 0 Å². The van der Waals surface area contributed by atoms with Crippen molar-refractivity contribution in [1.29, 1.82) is 0 Å². The van der Waals surface area contributed by atoms with E-state index < -0.39 is 23.8 Å². The van der Waals surface area contributed by atoms with Gasteiger partial charge in [-0.25, -0.2) is 0 Å². The summed E-state index contributed by atoms with van der Waals surface area (Å²) in [5, 5.41) is 7.14. The monoisotopic (exact) mass is 821 g/mol. The molecule has 0 saturated carbocycles. The third kappa shape index (κ3) is 9.20. The minimum atomic E-state index is -1.06. The Bertz CT molecular complexity index is 2280. The molecule has 6 rings (SSSR count). The number of ether oxygens (including phenoxy) is 2. The van der Waals surface area contributed by atoms with Crippen LogP contribution in [0.25, 0.3) is 21.9 Å². The van der Waals surface area contributed by atoms with Crippen molar-refractivity contribution in [2.24, 2.45) is 13.0 Å². The minimum absolute atomic E-state index is 0.0519. The molecule has 1 saturated heterocycles. The van der Waals surface area contributed by atoms with Crippen LogP contribution in [0, 0.1) is 5.92 Å². The Hall–Kier alpha value is -6.09. The highest BCUT2D eigenvalue weighted by Gasteiger charge is 2.43. The molecule has 2 aromatic carbocycles. The number of likely N-dealkylation sites (tertiary alicyclic amines) is 1. The molecular formula is C45H55N7O8. The topological polar surface area (TPSA) is 172 Å². The summed E-state index contributed by atoms with van der Waals surface area (Å²) < 4.78 is 13.3. The summed E-state index contributed by atoms with van der Waals surface area (Å²) in [4.78, 5) is 85.3. The van der Waals surface area contributed by atoms with Crippen molar-refractivity contribution in [3.05, 3.63) is 82.0 Å². The smallest absolute Gasteiger partial charge is 0.264 e. The molecule has 0 aliphatic carbocycles. The van der Waals surface area contributed by atoms with Gasteiger partial charge in [0, 0.05) is 90.1 Å². The number of nitrogens with one attached hydrogen (secondary N) is 2. The molecule has 0 radical (unpaired) electrons. The number of nitrogens with zero attached hydrogens (tertiary/aromatic N) is 5. The van der Waals surface area contributed by atoms with Crippen molar-refractivity contribution in [2.45, 2.75) is 64.0 Å². The van der Waals surface area contributed by atoms with Gasteiger partial charge in [-0.1, -0.05) is 31.7 Å². The maximum Gasteiger partial charge on any atom is 0.264 e. The van der Waals surface area contributed by atoms with Crippen LogP contribution in [-0.4, -0.2) is 115 Å². The largest absolute Gasteiger partial charge is 0.496 e. The van der Waals surface area contributed by atoms with Crippen LogP contribution in [0.4, 0.5) is 5.69 Å². The number of methoxy groups -OCH3 is 2. The predicted octanol–water partition coefficient (Wildman–Crippen LogP) is 4.65. The van der Waals surface area contributed by atoms with E-state index in [1.807, 2.05) is 36.3 Å². The zero-order chi connectivity index (χ0) is 42.9. The van der Waals surface area contributed by atoms with Gasteiger partial charge >= 0.3 is 0 Å². The first-order valence-corrected chi connectivity index (χ1v) is 20.6. The second kappa shape index (κ2) is 19.8. The third-order valence-electron chi connectivity index (χ3n) is 11.6. The fourth-order valence-electron chi connectivity index (χ4n) is 8.25. The summed E-state index contributed by atoms with van der Waals surface area (Å²) in [5.41, 5.74) is 3.57. The standard InChI is InChI=1S/C45H55N7O8/c1-46-41(54)37(16-13-21-53)52-44(57)32-14-12-15-36(40(32)45(52)58)48-18-10-8-6-7-9-11-20-49(2)42(55)30-25-51(26-30)28-35-38(59-4)22-29(23-39(35)60-5)34-27-50(3)43(56)33-24-47-19-17-31(33)34/h12,14-15,17,19,21-24,27,30,37,48H,6-11,13,16,18,20,25-26,28H2,1-5H3,(H,46,54). The Labute approximate surface area is 350 Å². The molecule has 318 valence electrons. The number of imide groups is 1. The van der Waals surface area contributed by atoms with E-state index in [4.69, 9.17) is 9.47 Å². The van der Waals surface area contributed by atoms with Crippen LogP contribution in [-0.2, 0) is 28.0 Å². The van der Waals surface area contributed by atoms with Gasteiger partial charge in [-0.3, -0.25) is 38.8 Å². The zero-order valence-electron chi connectivity index (χ0n) is 35.1. The first kappa shape index (κ1) is 43.5. The van der Waals surface area contributed by atoms with E-state index in [1.54, 1.807) is 56.4 Å². The van der Waals surface area contributed by atoms with Crippen LogP contribution in [0.5, 0.6) is 11.5 Å². The summed E-state index contributed by atoms with van der Waals surface area (Å²) in [6, 6.07) is 9.78. The molecule has 4 aromatic rings. The summed E-state index contributed by atoms with van der Waals surface area (Å²) in [6.45, 7) is 3.19. The van der Waals surface area contributed by atoms with Crippen LogP contribution < -0.4 is 25.7 Å². The number of pyridine rings is 2. The molecule has 2 aromatic heterocycles. The molecule has 2 aliphatic rings. The lowest BCUT2D eigenvalue weighted by atomic mass is 9.95. The molecule has 15 nitrogen and oxygen atoms in total. The van der Waals surface area contributed by atoms with E-state index in [2.05, 4.69) is 20.5 Å². The molecule has 0 spiro atoms. The van der Waals surface area contributed by atoms with Crippen molar-refractivity contribution < 1.29 is 33.4 Å². The number of rotatable bonds is 21. The molecular weight excluding hydrogens is 767 g/mol. The number of unbranched alkanes of at least 4 members (excludes halogenated alkanes) is 5. The number of aromatic nitrogens is 2. The quantitative estimate of drug-likeness (QED) is 0.0681.